The van der Waals surface area contributed by atoms with E-state index in [1.165, 1.54) is 11.3 Å². The van der Waals surface area contributed by atoms with Crippen LogP contribution in [-0.2, 0) is 0 Å². The van der Waals surface area contributed by atoms with Gasteiger partial charge in [0.2, 0.25) is 0 Å². The number of nitrogen functional groups attached to an aromatic ring is 1. The summed E-state index contributed by atoms with van der Waals surface area (Å²) in [5, 5.41) is 0.234. The number of nitrogens with two attached hydrogens (primary N) is 2. The minimum atomic E-state index is -0.864. The first-order valence-corrected chi connectivity index (χ1v) is 4.60. The standard InChI is InChI=1S/C8H7N3O2S/c9-4-1-2-5-6(3-4)14-8(11-5)13-7(10)12/h1-3H,9H2,(H2,10,12). The maximum atomic E-state index is 10.5. The Labute approximate surface area is 83.3 Å². The number of hydrogen-bond donors (Lipinski definition) is 2. The average molecular weight is 209 g/mol. The van der Waals surface area contributed by atoms with E-state index in [0.29, 0.717) is 5.69 Å². The van der Waals surface area contributed by atoms with Gasteiger partial charge in [-0.05, 0) is 18.2 Å². The van der Waals surface area contributed by atoms with Crippen molar-refractivity contribution in [3.8, 4) is 5.19 Å². The fourth-order valence-electron chi connectivity index (χ4n) is 1.05. The lowest BCUT2D eigenvalue weighted by Gasteiger charge is -1.90. The van der Waals surface area contributed by atoms with Crippen molar-refractivity contribution in [1.29, 1.82) is 0 Å². The van der Waals surface area contributed by atoms with Gasteiger partial charge in [-0.2, -0.15) is 0 Å². The summed E-state index contributed by atoms with van der Waals surface area (Å²) in [4.78, 5) is 14.5. The minimum Gasteiger partial charge on any atom is -0.399 e. The van der Waals surface area contributed by atoms with E-state index in [0.717, 1.165) is 10.2 Å². The molecule has 0 fully saturated rings. The first-order chi connectivity index (χ1) is 6.65. The number of primary amides is 1. The van der Waals surface area contributed by atoms with Gasteiger partial charge in [-0.1, -0.05) is 11.3 Å². The summed E-state index contributed by atoms with van der Waals surface area (Å²) in [7, 11) is 0. The van der Waals surface area contributed by atoms with E-state index in [-0.39, 0.29) is 5.19 Å². The third-order valence-corrected chi connectivity index (χ3v) is 2.48. The highest BCUT2D eigenvalue weighted by Gasteiger charge is 2.06. The minimum absolute atomic E-state index is 0.234. The van der Waals surface area contributed by atoms with Gasteiger partial charge in [-0.3, -0.25) is 0 Å². The fourth-order valence-corrected chi connectivity index (χ4v) is 1.92. The highest BCUT2D eigenvalue weighted by molar-refractivity contribution is 7.20. The van der Waals surface area contributed by atoms with Crippen molar-refractivity contribution in [3.05, 3.63) is 18.2 Å². The smallest absolute Gasteiger partial charge is 0.399 e. The van der Waals surface area contributed by atoms with Crippen LogP contribution in [0.15, 0.2) is 18.2 Å². The van der Waals surface area contributed by atoms with Crippen molar-refractivity contribution in [2.24, 2.45) is 5.73 Å². The predicted molar refractivity (Wildman–Crippen MR) is 54.2 cm³/mol. The third kappa shape index (κ3) is 1.60. The Morgan fingerprint density at radius 1 is 1.50 bits per heavy atom. The summed E-state index contributed by atoms with van der Waals surface area (Å²) < 4.78 is 5.51. The van der Waals surface area contributed by atoms with E-state index in [1.54, 1.807) is 18.2 Å². The predicted octanol–water partition coefficient (Wildman–Crippen LogP) is 1.34. The van der Waals surface area contributed by atoms with E-state index in [1.807, 2.05) is 0 Å². The summed E-state index contributed by atoms with van der Waals surface area (Å²) >= 11 is 1.23. The zero-order chi connectivity index (χ0) is 10.1. The maximum Gasteiger partial charge on any atom is 0.411 e. The Balaban J connectivity index is 2.46. The molecule has 6 heteroatoms. The van der Waals surface area contributed by atoms with Gasteiger partial charge in [-0.15, -0.1) is 0 Å². The van der Waals surface area contributed by atoms with Crippen molar-refractivity contribution in [2.75, 3.05) is 5.73 Å². The van der Waals surface area contributed by atoms with Gasteiger partial charge in [0.05, 0.1) is 10.2 Å². The normalized spacial score (nSPS) is 10.3. The molecule has 14 heavy (non-hydrogen) atoms. The number of benzene rings is 1. The molecule has 0 saturated carbocycles. The Bertz CT molecular complexity index is 494. The summed E-state index contributed by atoms with van der Waals surface area (Å²) in [5.41, 5.74) is 11.8. The van der Waals surface area contributed by atoms with Gasteiger partial charge >= 0.3 is 6.09 Å². The monoisotopic (exact) mass is 209 g/mol. The van der Waals surface area contributed by atoms with Gasteiger partial charge in [0.1, 0.15) is 0 Å². The second kappa shape index (κ2) is 3.15. The third-order valence-electron chi connectivity index (χ3n) is 1.58. The number of ether oxygens (including phenoxy) is 1. The second-order valence-electron chi connectivity index (χ2n) is 2.63. The lowest BCUT2D eigenvalue weighted by atomic mass is 10.3. The van der Waals surface area contributed by atoms with Crippen molar-refractivity contribution in [1.82, 2.24) is 4.98 Å². The van der Waals surface area contributed by atoms with Crippen LogP contribution in [0.4, 0.5) is 10.5 Å². The molecule has 5 nitrogen and oxygen atoms in total. The van der Waals surface area contributed by atoms with Gasteiger partial charge in [0.25, 0.3) is 5.19 Å². The number of fused-ring (bicyclic) bond motifs is 1. The van der Waals surface area contributed by atoms with Crippen LogP contribution in [0.2, 0.25) is 0 Å². The Hall–Kier alpha value is -1.82. The molecule has 72 valence electrons. The highest BCUT2D eigenvalue weighted by Crippen LogP contribution is 2.28. The number of thiazole rings is 1. The summed E-state index contributed by atoms with van der Waals surface area (Å²) in [6.07, 6.45) is -0.864. The van der Waals surface area contributed by atoms with Crippen LogP contribution < -0.4 is 16.2 Å². The van der Waals surface area contributed by atoms with Crippen LogP contribution in [0.5, 0.6) is 5.19 Å². The Morgan fingerprint density at radius 2 is 2.29 bits per heavy atom. The van der Waals surface area contributed by atoms with Crippen molar-refractivity contribution in [2.45, 2.75) is 0 Å². The molecule has 0 radical (unpaired) electrons. The molecule has 0 bridgehead atoms. The summed E-state index contributed by atoms with van der Waals surface area (Å²) in [6.45, 7) is 0. The molecule has 1 aromatic carbocycles. The lowest BCUT2D eigenvalue weighted by molar-refractivity contribution is 0.211. The first kappa shape index (κ1) is 8.76. The molecule has 0 spiro atoms. The number of rotatable bonds is 1. The molecular formula is C8H7N3O2S. The zero-order valence-electron chi connectivity index (χ0n) is 7.06. The van der Waals surface area contributed by atoms with Gasteiger partial charge in [0, 0.05) is 5.69 Å². The molecule has 1 heterocycles. The van der Waals surface area contributed by atoms with Crippen LogP contribution in [0.25, 0.3) is 10.2 Å². The number of aromatic nitrogens is 1. The van der Waals surface area contributed by atoms with Crippen molar-refractivity contribution < 1.29 is 9.53 Å². The molecular weight excluding hydrogens is 202 g/mol. The average Bonchev–Trinajstić information content (AvgIpc) is 2.44. The molecule has 0 aliphatic rings. The van der Waals surface area contributed by atoms with E-state index >= 15 is 0 Å². The molecule has 1 amide bonds. The van der Waals surface area contributed by atoms with Crippen LogP contribution in [0.1, 0.15) is 0 Å². The van der Waals surface area contributed by atoms with E-state index < -0.39 is 6.09 Å². The highest BCUT2D eigenvalue weighted by atomic mass is 32.1. The SMILES string of the molecule is NC(=O)Oc1nc2ccc(N)cc2s1. The fraction of sp³-hybridized carbons (Fsp3) is 0. The topological polar surface area (TPSA) is 91.2 Å². The Morgan fingerprint density at radius 3 is 3.00 bits per heavy atom. The van der Waals surface area contributed by atoms with Crippen molar-refractivity contribution in [3.63, 3.8) is 0 Å². The van der Waals surface area contributed by atoms with Crippen LogP contribution in [0, 0.1) is 0 Å². The molecule has 2 rings (SSSR count). The summed E-state index contributed by atoms with van der Waals surface area (Å²) in [6, 6.07) is 5.26. The van der Waals surface area contributed by atoms with E-state index in [4.69, 9.17) is 11.5 Å². The molecule has 0 atom stereocenters. The van der Waals surface area contributed by atoms with Gasteiger partial charge in [-0.25, -0.2) is 9.78 Å². The number of carbonyl (C=O) groups is 1. The van der Waals surface area contributed by atoms with Crippen LogP contribution in [0.3, 0.4) is 0 Å². The molecule has 0 saturated heterocycles. The van der Waals surface area contributed by atoms with Gasteiger partial charge < -0.3 is 16.2 Å². The number of nitrogens with zero attached hydrogens (tertiary/aromatic N) is 1. The molecule has 0 aliphatic heterocycles. The summed E-state index contributed by atoms with van der Waals surface area (Å²) in [5.74, 6) is 0. The van der Waals surface area contributed by atoms with Crippen molar-refractivity contribution >= 4 is 33.3 Å². The number of carbonyl (C=O) groups excluding carboxylic acids is 1. The maximum absolute atomic E-state index is 10.5. The first-order valence-electron chi connectivity index (χ1n) is 3.78. The number of hydrogen-bond acceptors (Lipinski definition) is 5. The molecule has 2 aromatic rings. The van der Waals surface area contributed by atoms with Gasteiger partial charge in [0.15, 0.2) is 0 Å². The number of anilines is 1. The van der Waals surface area contributed by atoms with Crippen LogP contribution in [-0.4, -0.2) is 11.1 Å². The molecule has 4 N–H and O–H groups in total. The van der Waals surface area contributed by atoms with E-state index in [2.05, 4.69) is 9.72 Å². The number of amides is 1. The lowest BCUT2D eigenvalue weighted by Crippen LogP contribution is -2.15. The quantitative estimate of drug-likeness (QED) is 0.693. The largest absolute Gasteiger partial charge is 0.411 e. The van der Waals surface area contributed by atoms with E-state index in [9.17, 15) is 4.79 Å². The second-order valence-corrected chi connectivity index (χ2v) is 3.62. The zero-order valence-corrected chi connectivity index (χ0v) is 7.88. The Kier molecular flexibility index (Phi) is 1.97. The van der Waals surface area contributed by atoms with Crippen LogP contribution >= 0.6 is 11.3 Å². The molecule has 0 unspecified atom stereocenters. The molecule has 1 aromatic heterocycles. The molecule has 0 aliphatic carbocycles.